The van der Waals surface area contributed by atoms with Crippen LogP contribution in [0.4, 0.5) is 19.0 Å². The van der Waals surface area contributed by atoms with Crippen LogP contribution in [0.15, 0.2) is 67.0 Å². The number of halogens is 3. The largest absolute Gasteiger partial charge is 0.494 e. The molecule has 1 N–H and O–H groups in total. The van der Waals surface area contributed by atoms with Crippen LogP contribution in [-0.2, 0) is 9.53 Å². The van der Waals surface area contributed by atoms with Crippen LogP contribution in [0.2, 0.25) is 0 Å². The van der Waals surface area contributed by atoms with E-state index < -0.39 is 18.2 Å². The fourth-order valence-corrected chi connectivity index (χ4v) is 2.84. The Balaban J connectivity index is 1.72. The first-order valence-corrected chi connectivity index (χ1v) is 9.98. The maximum atomic E-state index is 12.7. The summed E-state index contributed by atoms with van der Waals surface area (Å²) in [5, 5.41) is 2.93. The highest BCUT2D eigenvalue weighted by molar-refractivity contribution is 5.76. The lowest BCUT2D eigenvalue weighted by molar-refractivity contribution is -0.204. The quantitative estimate of drug-likeness (QED) is 0.457. The summed E-state index contributed by atoms with van der Waals surface area (Å²) in [7, 11) is 0. The summed E-state index contributed by atoms with van der Waals surface area (Å²) >= 11 is 0. The molecule has 2 aromatic carbocycles. The molecule has 1 atom stereocenters. The van der Waals surface area contributed by atoms with Gasteiger partial charge >= 0.3 is 12.1 Å². The molecule has 0 aliphatic heterocycles. The molecule has 0 aliphatic rings. The van der Waals surface area contributed by atoms with Crippen molar-refractivity contribution in [3.05, 3.63) is 72.6 Å². The zero-order valence-electron chi connectivity index (χ0n) is 17.3. The van der Waals surface area contributed by atoms with Crippen LogP contribution < -0.4 is 10.1 Å². The molecule has 6 nitrogen and oxygen atoms in total. The monoisotopic (exact) mass is 445 g/mol. The minimum atomic E-state index is -5.08. The predicted molar refractivity (Wildman–Crippen MR) is 113 cm³/mol. The smallest absolute Gasteiger partial charge is 0.490 e. The number of anilines is 1. The number of rotatable bonds is 9. The highest BCUT2D eigenvalue weighted by atomic mass is 19.4. The lowest BCUT2D eigenvalue weighted by Gasteiger charge is -2.20. The molecule has 1 heterocycles. The van der Waals surface area contributed by atoms with Gasteiger partial charge in [0.2, 0.25) is 0 Å². The van der Waals surface area contributed by atoms with E-state index in [4.69, 9.17) is 9.47 Å². The molecule has 0 amide bonds. The normalized spacial score (nSPS) is 12.1. The van der Waals surface area contributed by atoms with Crippen molar-refractivity contribution in [1.82, 2.24) is 9.97 Å². The molecule has 0 unspecified atom stereocenters. The Bertz CT molecular complexity index is 1010. The summed E-state index contributed by atoms with van der Waals surface area (Å²) in [6.07, 6.45) is -3.98. The Morgan fingerprint density at radius 3 is 2.44 bits per heavy atom. The van der Waals surface area contributed by atoms with Crippen molar-refractivity contribution in [1.29, 1.82) is 0 Å². The van der Waals surface area contributed by atoms with Gasteiger partial charge in [-0.1, -0.05) is 37.3 Å². The van der Waals surface area contributed by atoms with Crippen molar-refractivity contribution >= 4 is 11.8 Å². The van der Waals surface area contributed by atoms with Gasteiger partial charge in [-0.2, -0.15) is 13.2 Å². The van der Waals surface area contributed by atoms with E-state index >= 15 is 0 Å². The molecule has 0 radical (unpaired) electrons. The number of hydrogen-bond donors (Lipinski definition) is 1. The van der Waals surface area contributed by atoms with Crippen LogP contribution in [0.3, 0.4) is 0 Å². The predicted octanol–water partition coefficient (Wildman–Crippen LogP) is 5.19. The second-order valence-corrected chi connectivity index (χ2v) is 6.84. The lowest BCUT2D eigenvalue weighted by Crippen LogP contribution is -2.29. The number of carbonyl (C=O) groups excluding carboxylic acids is 1. The van der Waals surface area contributed by atoms with Crippen LogP contribution >= 0.6 is 0 Å². The number of nitrogens with zero attached hydrogens (tertiary/aromatic N) is 2. The molecule has 32 heavy (non-hydrogen) atoms. The van der Waals surface area contributed by atoms with E-state index in [1.165, 1.54) is 6.33 Å². The summed E-state index contributed by atoms with van der Waals surface area (Å²) in [6.45, 7) is 2.55. The van der Waals surface area contributed by atoms with Gasteiger partial charge in [-0.25, -0.2) is 14.8 Å². The number of ether oxygens (including phenoxy) is 2. The van der Waals surface area contributed by atoms with E-state index in [1.807, 2.05) is 31.2 Å². The van der Waals surface area contributed by atoms with E-state index in [0.29, 0.717) is 23.7 Å². The maximum Gasteiger partial charge on any atom is 0.490 e. The fraction of sp³-hybridized carbons (Fsp3) is 0.261. The van der Waals surface area contributed by atoms with Crippen molar-refractivity contribution < 1.29 is 27.4 Å². The Morgan fingerprint density at radius 2 is 1.78 bits per heavy atom. The first-order valence-electron chi connectivity index (χ1n) is 9.98. The molecule has 0 saturated carbocycles. The topological polar surface area (TPSA) is 73.3 Å². The second-order valence-electron chi connectivity index (χ2n) is 6.84. The maximum absolute atomic E-state index is 12.7. The van der Waals surface area contributed by atoms with Crippen LogP contribution in [-0.4, -0.2) is 35.3 Å². The first kappa shape index (κ1) is 23.1. The average molecular weight is 445 g/mol. The second kappa shape index (κ2) is 10.6. The van der Waals surface area contributed by atoms with Gasteiger partial charge in [0, 0.05) is 11.6 Å². The van der Waals surface area contributed by atoms with E-state index in [1.54, 1.807) is 36.4 Å². The summed E-state index contributed by atoms with van der Waals surface area (Å²) in [4.78, 5) is 19.7. The van der Waals surface area contributed by atoms with E-state index in [-0.39, 0.29) is 6.54 Å². The van der Waals surface area contributed by atoms with E-state index in [2.05, 4.69) is 15.3 Å². The molecular formula is C23H22F3N3O3. The summed E-state index contributed by atoms with van der Waals surface area (Å²) < 4.78 is 48.4. The summed E-state index contributed by atoms with van der Waals surface area (Å²) in [5.74, 6) is -1.12. The summed E-state index contributed by atoms with van der Waals surface area (Å²) in [6, 6.07) is 17.2. The van der Waals surface area contributed by atoms with Crippen molar-refractivity contribution in [3.8, 4) is 17.0 Å². The number of aromatic nitrogens is 2. The lowest BCUT2D eigenvalue weighted by atomic mass is 10.1. The van der Waals surface area contributed by atoms with Gasteiger partial charge in [-0.15, -0.1) is 0 Å². The van der Waals surface area contributed by atoms with Gasteiger partial charge in [0.25, 0.3) is 0 Å². The molecule has 0 bridgehead atoms. The molecule has 3 aromatic rings. The highest BCUT2D eigenvalue weighted by Gasteiger charge is 2.42. The number of hydrogen-bond acceptors (Lipinski definition) is 6. The zero-order chi connectivity index (χ0) is 23.0. The van der Waals surface area contributed by atoms with Gasteiger partial charge < -0.3 is 14.8 Å². The molecule has 0 fully saturated rings. The number of esters is 1. The van der Waals surface area contributed by atoms with Crippen LogP contribution in [0.1, 0.15) is 25.0 Å². The Kier molecular flexibility index (Phi) is 7.64. The van der Waals surface area contributed by atoms with Gasteiger partial charge in [-0.05, 0) is 36.2 Å². The third kappa shape index (κ3) is 6.44. The van der Waals surface area contributed by atoms with E-state index in [9.17, 15) is 18.0 Å². The SMILES string of the molecule is CCCOc1ccc(-c2cc(NC[C@H](OC(=O)C(F)(F)F)c3ccccc3)ncn2)cc1. The standard InChI is InChI=1S/C23H22F3N3O3/c1-2-12-31-18-10-8-16(9-11-18)19-13-21(29-15-28-19)27-14-20(17-6-4-3-5-7-17)32-22(30)23(24,25)26/h3-11,13,15,20H,2,12,14H2,1H3,(H,27,28,29)/t20-/m0/s1. The molecule has 9 heteroatoms. The minimum absolute atomic E-state index is 0.105. The molecule has 0 aliphatic carbocycles. The fourth-order valence-electron chi connectivity index (χ4n) is 2.84. The van der Waals surface area contributed by atoms with Gasteiger partial charge in [0.05, 0.1) is 18.8 Å². The zero-order valence-corrected chi connectivity index (χ0v) is 17.3. The molecule has 1 aromatic heterocycles. The highest BCUT2D eigenvalue weighted by Crippen LogP contribution is 2.26. The Labute approximate surface area is 183 Å². The van der Waals surface area contributed by atoms with Crippen LogP contribution in [0.5, 0.6) is 5.75 Å². The van der Waals surface area contributed by atoms with Crippen LogP contribution in [0, 0.1) is 0 Å². The molecule has 0 saturated heterocycles. The number of alkyl halides is 3. The third-order valence-corrected chi connectivity index (χ3v) is 4.41. The van der Waals surface area contributed by atoms with Crippen molar-refractivity contribution in [2.24, 2.45) is 0 Å². The Hall–Kier alpha value is -3.62. The van der Waals surface area contributed by atoms with Gasteiger partial charge in [0.15, 0.2) is 0 Å². The molecule has 0 spiro atoms. The third-order valence-electron chi connectivity index (χ3n) is 4.41. The molecule has 168 valence electrons. The molecular weight excluding hydrogens is 423 g/mol. The van der Waals surface area contributed by atoms with Crippen molar-refractivity contribution in [2.45, 2.75) is 25.6 Å². The van der Waals surface area contributed by atoms with E-state index in [0.717, 1.165) is 17.7 Å². The number of benzene rings is 2. The number of nitrogens with one attached hydrogen (secondary N) is 1. The minimum Gasteiger partial charge on any atom is -0.494 e. The van der Waals surface area contributed by atoms with Gasteiger partial charge in [-0.3, -0.25) is 0 Å². The molecule has 3 rings (SSSR count). The van der Waals surface area contributed by atoms with Gasteiger partial charge in [0.1, 0.15) is 24.0 Å². The van der Waals surface area contributed by atoms with Crippen molar-refractivity contribution in [2.75, 3.05) is 18.5 Å². The first-order chi connectivity index (χ1) is 15.4. The van der Waals surface area contributed by atoms with Crippen molar-refractivity contribution in [3.63, 3.8) is 0 Å². The average Bonchev–Trinajstić information content (AvgIpc) is 2.80. The summed E-state index contributed by atoms with van der Waals surface area (Å²) in [5.41, 5.74) is 1.87. The number of carbonyl (C=O) groups is 1. The van der Waals surface area contributed by atoms with Crippen LogP contribution in [0.25, 0.3) is 11.3 Å². The Morgan fingerprint density at radius 1 is 1.06 bits per heavy atom.